The van der Waals surface area contributed by atoms with Gasteiger partial charge in [0.05, 0.1) is 5.41 Å². The van der Waals surface area contributed by atoms with Crippen molar-refractivity contribution in [3.63, 3.8) is 0 Å². The lowest BCUT2D eigenvalue weighted by molar-refractivity contribution is -0.128. The van der Waals surface area contributed by atoms with Crippen LogP contribution in [-0.4, -0.2) is 44.5 Å². The van der Waals surface area contributed by atoms with E-state index in [-0.39, 0.29) is 5.91 Å². The van der Waals surface area contributed by atoms with Gasteiger partial charge in [-0.2, -0.15) is 0 Å². The Morgan fingerprint density at radius 1 is 1.36 bits per heavy atom. The van der Waals surface area contributed by atoms with Crippen molar-refractivity contribution in [2.45, 2.75) is 20.4 Å². The van der Waals surface area contributed by atoms with E-state index >= 15 is 0 Å². The first-order chi connectivity index (χ1) is 10.3. The van der Waals surface area contributed by atoms with Gasteiger partial charge in [0.25, 0.3) is 0 Å². The highest BCUT2D eigenvalue weighted by molar-refractivity contribution is 6.31. The first-order valence-electron chi connectivity index (χ1n) is 7.19. The number of benzene rings is 1. The molecule has 0 spiro atoms. The summed E-state index contributed by atoms with van der Waals surface area (Å²) < 4.78 is 0. The van der Waals surface area contributed by atoms with Crippen LogP contribution in [0.2, 0.25) is 5.02 Å². The molecule has 1 aromatic carbocycles. The number of halogens is 1. The minimum atomic E-state index is -0.518. The molecular weight excluding hydrogens is 300 g/mol. The highest BCUT2D eigenvalue weighted by Gasteiger charge is 2.27. The maximum atomic E-state index is 11.8. The summed E-state index contributed by atoms with van der Waals surface area (Å²) in [4.78, 5) is 18.0. The van der Waals surface area contributed by atoms with Crippen molar-refractivity contribution in [2.75, 3.05) is 27.7 Å². The number of nitrogens with zero attached hydrogens (tertiary/aromatic N) is 2. The predicted octanol–water partition coefficient (Wildman–Crippen LogP) is 2.12. The standard InChI is InChI=1S/C16H25ClN4O/c1-16(2,14(22)18-3)11-20-15(19-4)21(5)10-12-8-6-7-9-13(12)17/h6-9H,10-11H2,1-5H3,(H,18,22)(H,19,20). The summed E-state index contributed by atoms with van der Waals surface area (Å²) in [6, 6.07) is 7.72. The molecule has 122 valence electrons. The molecule has 0 radical (unpaired) electrons. The third-order valence-electron chi connectivity index (χ3n) is 3.47. The highest BCUT2D eigenvalue weighted by atomic mass is 35.5. The second-order valence-corrected chi connectivity index (χ2v) is 6.22. The van der Waals surface area contributed by atoms with Crippen LogP contribution in [0.4, 0.5) is 0 Å². The van der Waals surface area contributed by atoms with E-state index in [1.807, 2.05) is 50.1 Å². The largest absolute Gasteiger partial charge is 0.359 e. The number of hydrogen-bond donors (Lipinski definition) is 2. The molecule has 22 heavy (non-hydrogen) atoms. The molecule has 0 aromatic heterocycles. The Morgan fingerprint density at radius 3 is 2.55 bits per heavy atom. The Bertz CT molecular complexity index is 543. The molecule has 0 unspecified atom stereocenters. The Morgan fingerprint density at radius 2 is 2.00 bits per heavy atom. The Labute approximate surface area is 137 Å². The molecule has 5 nitrogen and oxygen atoms in total. The quantitative estimate of drug-likeness (QED) is 0.644. The van der Waals surface area contributed by atoms with Gasteiger partial charge in [-0.15, -0.1) is 0 Å². The highest BCUT2D eigenvalue weighted by Crippen LogP contribution is 2.17. The molecule has 0 fully saturated rings. The molecule has 0 heterocycles. The van der Waals surface area contributed by atoms with Crippen LogP contribution in [0.15, 0.2) is 29.3 Å². The fraction of sp³-hybridized carbons (Fsp3) is 0.500. The second kappa shape index (κ2) is 8.03. The molecule has 1 amide bonds. The molecule has 0 atom stereocenters. The Balaban J connectivity index is 2.69. The number of carbonyl (C=O) groups is 1. The van der Waals surface area contributed by atoms with Crippen LogP contribution in [0.1, 0.15) is 19.4 Å². The number of guanidine groups is 1. The average molecular weight is 325 g/mol. The molecule has 1 rings (SSSR count). The zero-order valence-corrected chi connectivity index (χ0v) is 14.7. The van der Waals surface area contributed by atoms with Crippen LogP contribution >= 0.6 is 11.6 Å². The van der Waals surface area contributed by atoms with Crippen LogP contribution in [0, 0.1) is 5.41 Å². The molecule has 0 saturated heterocycles. The normalized spacial score (nSPS) is 12.0. The summed E-state index contributed by atoms with van der Waals surface area (Å²) in [6.45, 7) is 4.91. The summed E-state index contributed by atoms with van der Waals surface area (Å²) in [5, 5.41) is 6.64. The number of aliphatic imine (C=N–C) groups is 1. The van der Waals surface area contributed by atoms with Gasteiger partial charge in [0.1, 0.15) is 0 Å². The Hall–Kier alpha value is -1.75. The van der Waals surface area contributed by atoms with Crippen molar-refractivity contribution < 1.29 is 4.79 Å². The van der Waals surface area contributed by atoms with Crippen LogP contribution in [0.25, 0.3) is 0 Å². The minimum Gasteiger partial charge on any atom is -0.359 e. The van der Waals surface area contributed by atoms with E-state index in [4.69, 9.17) is 11.6 Å². The molecule has 0 bridgehead atoms. The maximum absolute atomic E-state index is 11.8. The molecule has 0 aliphatic heterocycles. The van der Waals surface area contributed by atoms with Gasteiger partial charge in [0, 0.05) is 39.3 Å². The third-order valence-corrected chi connectivity index (χ3v) is 3.84. The first kappa shape index (κ1) is 18.3. The summed E-state index contributed by atoms with van der Waals surface area (Å²) >= 11 is 6.19. The van der Waals surface area contributed by atoms with Gasteiger partial charge < -0.3 is 15.5 Å². The van der Waals surface area contributed by atoms with Gasteiger partial charge in [-0.1, -0.05) is 29.8 Å². The van der Waals surface area contributed by atoms with Crippen LogP contribution in [-0.2, 0) is 11.3 Å². The van der Waals surface area contributed by atoms with Gasteiger partial charge in [-0.25, -0.2) is 0 Å². The fourth-order valence-electron chi connectivity index (χ4n) is 2.06. The molecule has 0 aliphatic carbocycles. The van der Waals surface area contributed by atoms with Gasteiger partial charge in [-0.05, 0) is 25.5 Å². The summed E-state index contributed by atoms with van der Waals surface area (Å²) in [6.07, 6.45) is 0. The molecule has 1 aromatic rings. The van der Waals surface area contributed by atoms with E-state index in [1.165, 1.54) is 0 Å². The zero-order chi connectivity index (χ0) is 16.8. The third kappa shape index (κ3) is 4.91. The van der Waals surface area contributed by atoms with E-state index in [9.17, 15) is 4.79 Å². The van der Waals surface area contributed by atoms with E-state index in [0.29, 0.717) is 13.1 Å². The SMILES string of the molecule is CN=C(NCC(C)(C)C(=O)NC)N(C)Cc1ccccc1Cl. The lowest BCUT2D eigenvalue weighted by Crippen LogP contribution is -2.47. The molecular formula is C16H25ClN4O. The number of rotatable bonds is 5. The molecule has 6 heteroatoms. The van der Waals surface area contributed by atoms with Gasteiger partial charge in [-0.3, -0.25) is 9.79 Å². The lowest BCUT2D eigenvalue weighted by Gasteiger charge is -2.27. The summed E-state index contributed by atoms with van der Waals surface area (Å²) in [7, 11) is 5.30. The monoisotopic (exact) mass is 324 g/mol. The van der Waals surface area contributed by atoms with Gasteiger partial charge >= 0.3 is 0 Å². The topological polar surface area (TPSA) is 56.7 Å². The molecule has 0 aliphatic rings. The zero-order valence-electron chi connectivity index (χ0n) is 13.9. The van der Waals surface area contributed by atoms with Crippen molar-refractivity contribution in [1.82, 2.24) is 15.5 Å². The van der Waals surface area contributed by atoms with Crippen molar-refractivity contribution in [1.29, 1.82) is 0 Å². The van der Waals surface area contributed by atoms with Crippen molar-refractivity contribution >= 4 is 23.5 Å². The van der Waals surface area contributed by atoms with Gasteiger partial charge in [0.2, 0.25) is 5.91 Å². The average Bonchev–Trinajstić information content (AvgIpc) is 2.49. The number of amides is 1. The fourth-order valence-corrected chi connectivity index (χ4v) is 2.26. The molecule has 2 N–H and O–H groups in total. The smallest absolute Gasteiger partial charge is 0.227 e. The molecule has 0 saturated carbocycles. The van der Waals surface area contributed by atoms with Crippen LogP contribution in [0.5, 0.6) is 0 Å². The number of carbonyl (C=O) groups excluding carboxylic acids is 1. The first-order valence-corrected chi connectivity index (χ1v) is 7.57. The Kier molecular flexibility index (Phi) is 6.68. The van der Waals surface area contributed by atoms with E-state index in [1.54, 1.807) is 14.1 Å². The van der Waals surface area contributed by atoms with Crippen molar-refractivity contribution in [3.8, 4) is 0 Å². The van der Waals surface area contributed by atoms with Gasteiger partial charge in [0.15, 0.2) is 5.96 Å². The van der Waals surface area contributed by atoms with Crippen molar-refractivity contribution in [2.24, 2.45) is 10.4 Å². The van der Waals surface area contributed by atoms with E-state index < -0.39 is 5.41 Å². The van der Waals surface area contributed by atoms with Crippen LogP contribution in [0.3, 0.4) is 0 Å². The van der Waals surface area contributed by atoms with E-state index in [0.717, 1.165) is 16.5 Å². The lowest BCUT2D eigenvalue weighted by atomic mass is 9.92. The number of nitrogens with one attached hydrogen (secondary N) is 2. The van der Waals surface area contributed by atoms with Crippen LogP contribution < -0.4 is 10.6 Å². The number of hydrogen-bond acceptors (Lipinski definition) is 2. The minimum absolute atomic E-state index is 0.00999. The summed E-state index contributed by atoms with van der Waals surface area (Å²) in [5.74, 6) is 0.709. The second-order valence-electron chi connectivity index (χ2n) is 5.81. The van der Waals surface area contributed by atoms with E-state index in [2.05, 4.69) is 15.6 Å². The predicted molar refractivity (Wildman–Crippen MR) is 92.1 cm³/mol. The maximum Gasteiger partial charge on any atom is 0.227 e. The summed E-state index contributed by atoms with van der Waals surface area (Å²) in [5.41, 5.74) is 0.510. The van der Waals surface area contributed by atoms with Crippen molar-refractivity contribution in [3.05, 3.63) is 34.9 Å².